The molecule has 43 heavy (non-hydrogen) atoms. The summed E-state index contributed by atoms with van der Waals surface area (Å²) in [4.78, 5) is 56.9. The van der Waals surface area contributed by atoms with Crippen LogP contribution in [-0.4, -0.2) is 88.4 Å². The number of carboxylic acids is 1. The fourth-order valence-corrected chi connectivity index (χ4v) is 6.48. The van der Waals surface area contributed by atoms with Gasteiger partial charge in [-0.25, -0.2) is 4.39 Å². The van der Waals surface area contributed by atoms with E-state index in [4.69, 9.17) is 0 Å². The Bertz CT molecular complexity index is 1690. The minimum absolute atomic E-state index is 0.0137. The number of aromatic nitrogens is 3. The zero-order valence-electron chi connectivity index (χ0n) is 23.2. The van der Waals surface area contributed by atoms with E-state index < -0.39 is 35.1 Å². The van der Waals surface area contributed by atoms with E-state index in [0.717, 1.165) is 12.8 Å². The topological polar surface area (TPSA) is 143 Å². The number of halogens is 1. The van der Waals surface area contributed by atoms with Gasteiger partial charge in [0.25, 0.3) is 0 Å². The van der Waals surface area contributed by atoms with Crippen molar-refractivity contribution in [3.63, 3.8) is 0 Å². The number of benzene rings is 2. The highest BCUT2D eigenvalue weighted by Gasteiger charge is 2.43. The van der Waals surface area contributed by atoms with E-state index in [1.807, 2.05) is 9.80 Å². The third kappa shape index (κ3) is 4.54. The molecule has 1 N–H and O–H groups in total. The van der Waals surface area contributed by atoms with Gasteiger partial charge in [0.2, 0.25) is 17.3 Å². The molecular weight excluding hydrogens is 559 g/mol. The lowest BCUT2D eigenvalue weighted by Gasteiger charge is -2.38. The Morgan fingerprint density at radius 3 is 2.35 bits per heavy atom. The Hall–Kier alpha value is -4.65. The second-order valence-corrected chi connectivity index (χ2v) is 11.5. The Morgan fingerprint density at radius 1 is 0.977 bits per heavy atom. The van der Waals surface area contributed by atoms with Crippen molar-refractivity contribution in [2.75, 3.05) is 49.1 Å². The van der Waals surface area contributed by atoms with Crippen molar-refractivity contribution in [3.8, 4) is 0 Å². The highest BCUT2D eigenvalue weighted by atomic mass is 19.1. The Balaban J connectivity index is 1.01. The van der Waals surface area contributed by atoms with Crippen molar-refractivity contribution < 1.29 is 33.6 Å². The third-order valence-electron chi connectivity index (χ3n) is 8.90. The predicted molar refractivity (Wildman–Crippen MR) is 150 cm³/mol. The predicted octanol–water partition coefficient (Wildman–Crippen LogP) is 1.51. The van der Waals surface area contributed by atoms with Crippen LogP contribution in [0.5, 0.6) is 0 Å². The first-order chi connectivity index (χ1) is 20.7. The van der Waals surface area contributed by atoms with Crippen molar-refractivity contribution in [2.24, 2.45) is 5.92 Å². The number of aliphatic carboxylic acids is 1. The first-order valence-electron chi connectivity index (χ1n) is 14.5. The molecule has 0 spiro atoms. The number of anilines is 2. The lowest BCUT2D eigenvalue weighted by atomic mass is 9.90. The summed E-state index contributed by atoms with van der Waals surface area (Å²) in [5.41, 5.74) is 1.53. The molecule has 2 aliphatic carbocycles. The fourth-order valence-electron chi connectivity index (χ4n) is 6.48. The second-order valence-electron chi connectivity index (χ2n) is 11.5. The van der Waals surface area contributed by atoms with Gasteiger partial charge in [-0.15, -0.1) is 4.68 Å². The maximum Gasteiger partial charge on any atom is 0.316 e. The van der Waals surface area contributed by atoms with Gasteiger partial charge in [-0.2, -0.15) is 0 Å². The number of Topliss-reactive ketones (excluding diaryl/α,β-unsaturated/α-hetero) is 1. The molecule has 2 aliphatic heterocycles. The summed E-state index contributed by atoms with van der Waals surface area (Å²) >= 11 is 0. The molecule has 1 aromatic heterocycles. The first-order valence-corrected chi connectivity index (χ1v) is 14.5. The summed E-state index contributed by atoms with van der Waals surface area (Å²) in [7, 11) is 0. The molecule has 3 heterocycles. The van der Waals surface area contributed by atoms with Crippen LogP contribution in [0.4, 0.5) is 15.8 Å². The largest absolute Gasteiger partial charge is 0.571 e. The molecule has 7 rings (SSSR count). The standard InChI is InChI=1S/C30H29FN6O6/c31-22-14-20-23(35(17-6-7-17)16-21(27(20)38)30(41)42)15-24(22)34-12-10-33(11-13-34)8-3-9-36-26-25(32-37(36)43)28(39)18-4-1-2-5-19(18)29(26)40/h1-2,4-5,14-15,17,21H,3,6-13,16H2,(H,41,42). The molecule has 0 radical (unpaired) electrons. The second kappa shape index (κ2) is 10.3. The SMILES string of the molecule is O=C1c2ccccc2C(=O)c2c1n[n+]([O-])n2CCCN1CCN(c2cc3c(cc2F)C(=O)C(C(=O)O)CN3C2CC2)CC1. The minimum Gasteiger partial charge on any atom is -0.571 e. The van der Waals surface area contributed by atoms with Gasteiger partial charge in [0.15, 0.2) is 11.5 Å². The molecule has 0 bridgehead atoms. The van der Waals surface area contributed by atoms with Crippen LogP contribution in [0.2, 0.25) is 0 Å². The smallest absolute Gasteiger partial charge is 0.316 e. The summed E-state index contributed by atoms with van der Waals surface area (Å²) < 4.78 is 16.5. The van der Waals surface area contributed by atoms with Crippen LogP contribution >= 0.6 is 0 Å². The fraction of sp³-hybridized carbons (Fsp3) is 0.400. The number of carboxylic acid groups (broad SMARTS) is 1. The average molecular weight is 589 g/mol. The van der Waals surface area contributed by atoms with Crippen LogP contribution in [0, 0.1) is 16.9 Å². The van der Waals surface area contributed by atoms with Crippen molar-refractivity contribution in [3.05, 3.63) is 75.5 Å². The van der Waals surface area contributed by atoms with Crippen LogP contribution < -0.4 is 14.8 Å². The van der Waals surface area contributed by atoms with Crippen LogP contribution in [-0.2, 0) is 11.3 Å². The molecule has 2 aromatic carbocycles. The summed E-state index contributed by atoms with van der Waals surface area (Å²) in [6, 6.07) is 9.52. The van der Waals surface area contributed by atoms with Crippen LogP contribution in [0.1, 0.15) is 61.7 Å². The van der Waals surface area contributed by atoms with E-state index in [-0.39, 0.29) is 47.2 Å². The van der Waals surface area contributed by atoms with Crippen molar-refractivity contribution in [2.45, 2.75) is 31.8 Å². The van der Waals surface area contributed by atoms with Gasteiger partial charge in [-0.1, -0.05) is 24.3 Å². The number of nitrogens with zero attached hydrogens (tertiary/aromatic N) is 6. The molecular formula is C30H29FN6O6. The molecule has 1 saturated heterocycles. The van der Waals surface area contributed by atoms with Crippen LogP contribution in [0.15, 0.2) is 36.4 Å². The number of hydrogen-bond acceptors (Lipinski definition) is 9. The Morgan fingerprint density at radius 2 is 1.67 bits per heavy atom. The molecule has 0 amide bonds. The molecule has 2 fully saturated rings. The molecule has 4 aliphatic rings. The van der Waals surface area contributed by atoms with E-state index in [9.17, 15) is 29.5 Å². The van der Waals surface area contributed by atoms with Gasteiger partial charge in [0, 0.05) is 72.1 Å². The number of rotatable bonds is 7. The number of carbonyl (C=O) groups is 4. The van der Waals surface area contributed by atoms with Crippen molar-refractivity contribution >= 4 is 34.7 Å². The monoisotopic (exact) mass is 588 g/mol. The van der Waals surface area contributed by atoms with Gasteiger partial charge < -0.3 is 20.1 Å². The lowest BCUT2D eigenvalue weighted by molar-refractivity contribution is -0.749. The number of ketones is 3. The molecule has 1 saturated carbocycles. The first kappa shape index (κ1) is 27.2. The summed E-state index contributed by atoms with van der Waals surface area (Å²) in [6.45, 7) is 3.26. The van der Waals surface area contributed by atoms with Crippen molar-refractivity contribution in [1.29, 1.82) is 0 Å². The molecule has 3 aromatic rings. The van der Waals surface area contributed by atoms with Gasteiger partial charge >= 0.3 is 5.97 Å². The van der Waals surface area contributed by atoms with E-state index in [1.165, 1.54) is 10.7 Å². The zero-order chi connectivity index (χ0) is 30.0. The number of hydrogen-bond donors (Lipinski definition) is 1. The number of carbonyl (C=O) groups excluding carboxylic acids is 3. The van der Waals surface area contributed by atoms with Gasteiger partial charge in [-0.3, -0.25) is 24.1 Å². The maximum atomic E-state index is 15.3. The Kier molecular flexibility index (Phi) is 6.49. The molecule has 12 nitrogen and oxygen atoms in total. The zero-order valence-corrected chi connectivity index (χ0v) is 23.2. The summed E-state index contributed by atoms with van der Waals surface area (Å²) in [5, 5.41) is 25.9. The third-order valence-corrected chi connectivity index (χ3v) is 8.90. The van der Waals surface area contributed by atoms with Crippen LogP contribution in [0.3, 0.4) is 0 Å². The molecule has 1 atom stereocenters. The summed E-state index contributed by atoms with van der Waals surface area (Å²) in [6.07, 6.45) is 2.36. The quantitative estimate of drug-likeness (QED) is 0.192. The van der Waals surface area contributed by atoms with Gasteiger partial charge in [0.1, 0.15) is 11.7 Å². The van der Waals surface area contributed by atoms with Gasteiger partial charge in [-0.05, 0) is 31.4 Å². The maximum absolute atomic E-state index is 15.3. The minimum atomic E-state index is -1.19. The van der Waals surface area contributed by atoms with Crippen LogP contribution in [0.25, 0.3) is 0 Å². The van der Waals surface area contributed by atoms with E-state index in [1.54, 1.807) is 30.3 Å². The number of piperazine rings is 1. The summed E-state index contributed by atoms with van der Waals surface area (Å²) in [5.74, 6) is -4.32. The molecule has 1 unspecified atom stereocenters. The lowest BCUT2D eigenvalue weighted by Crippen LogP contribution is -2.48. The van der Waals surface area contributed by atoms with E-state index in [0.29, 0.717) is 55.5 Å². The van der Waals surface area contributed by atoms with Crippen molar-refractivity contribution in [1.82, 2.24) is 14.7 Å². The average Bonchev–Trinajstić information content (AvgIpc) is 3.79. The normalized spacial score (nSPS) is 20.2. The number of fused-ring (bicyclic) bond motifs is 3. The van der Waals surface area contributed by atoms with Gasteiger partial charge in [0.05, 0.1) is 17.9 Å². The van der Waals surface area contributed by atoms with E-state index >= 15 is 4.39 Å². The highest BCUT2D eigenvalue weighted by molar-refractivity contribution is 6.26. The Labute approximate surface area is 245 Å². The van der Waals surface area contributed by atoms with E-state index in [2.05, 4.69) is 10.00 Å². The molecule has 222 valence electrons. The highest BCUT2D eigenvalue weighted by Crippen LogP contribution is 2.41. The molecule has 13 heteroatoms.